The maximum atomic E-state index is 12.2. The van der Waals surface area contributed by atoms with Gasteiger partial charge < -0.3 is 10.2 Å². The van der Waals surface area contributed by atoms with Crippen molar-refractivity contribution in [1.29, 1.82) is 0 Å². The fourth-order valence-corrected chi connectivity index (χ4v) is 4.70. The lowest BCUT2D eigenvalue weighted by Gasteiger charge is -2.30. The lowest BCUT2D eigenvalue weighted by atomic mass is 10.0. The molecule has 1 aromatic carbocycles. The van der Waals surface area contributed by atoms with E-state index in [0.29, 0.717) is 44.8 Å². The summed E-state index contributed by atoms with van der Waals surface area (Å²) in [5.74, 6) is -1.88. The Morgan fingerprint density at radius 3 is 2.21 bits per heavy atom. The third-order valence-electron chi connectivity index (χ3n) is 5.76. The van der Waals surface area contributed by atoms with Crippen LogP contribution < -0.4 is 0 Å². The number of carboxylic acid groups (broad SMARTS) is 2. The van der Waals surface area contributed by atoms with Gasteiger partial charge in [0.1, 0.15) is 6.04 Å². The van der Waals surface area contributed by atoms with E-state index in [9.17, 15) is 29.9 Å². The average Bonchev–Trinajstić information content (AvgIpc) is 3.30. The van der Waals surface area contributed by atoms with Crippen molar-refractivity contribution in [2.75, 3.05) is 45.8 Å². The maximum absolute atomic E-state index is 12.2. The van der Waals surface area contributed by atoms with Gasteiger partial charge in [0, 0.05) is 62.8 Å². The summed E-state index contributed by atoms with van der Waals surface area (Å²) in [6, 6.07) is 9.16. The molecule has 1 unspecified atom stereocenters. The van der Waals surface area contributed by atoms with Gasteiger partial charge in [0.15, 0.2) is 0 Å². The number of hydrogen-bond acceptors (Lipinski definition) is 8. The number of non-ortho nitro benzene ring substituents is 1. The second-order valence-corrected chi connectivity index (χ2v) is 9.08. The lowest BCUT2D eigenvalue weighted by Crippen LogP contribution is -2.48. The Morgan fingerprint density at radius 2 is 1.64 bits per heavy atom. The highest BCUT2D eigenvalue weighted by Crippen LogP contribution is 2.17. The Labute approximate surface area is 195 Å². The third-order valence-corrected chi connectivity index (χ3v) is 6.62. The van der Waals surface area contributed by atoms with Gasteiger partial charge in [-0.25, -0.2) is 0 Å². The molecule has 1 aliphatic heterocycles. The molecule has 1 atom stereocenters. The van der Waals surface area contributed by atoms with Crippen molar-refractivity contribution in [2.24, 2.45) is 0 Å². The number of thiophene rings is 1. The maximum Gasteiger partial charge on any atom is 0.321 e. The van der Waals surface area contributed by atoms with Crippen LogP contribution >= 0.6 is 11.3 Å². The van der Waals surface area contributed by atoms with E-state index in [2.05, 4.69) is 11.0 Å². The molecule has 0 aliphatic carbocycles. The first kappa shape index (κ1) is 24.8. The standard InChI is InChI=1S/C22H28N4O6S/c27-21(28)16-24-8-7-23(15-19-2-1-13-33-19)9-11-25(12-10-24)20(22(29)30)14-17-3-5-18(6-4-17)26(31)32/h1-6,13,20H,7-12,14-16H2,(H,27,28)(H,29,30). The van der Waals surface area contributed by atoms with Crippen LogP contribution in [0.4, 0.5) is 5.69 Å². The van der Waals surface area contributed by atoms with Crippen LogP contribution in [0.1, 0.15) is 10.4 Å². The number of hydrogen-bond donors (Lipinski definition) is 2. The van der Waals surface area contributed by atoms with E-state index in [1.165, 1.54) is 17.0 Å². The molecule has 2 aromatic rings. The van der Waals surface area contributed by atoms with Crippen LogP contribution in [-0.4, -0.2) is 93.6 Å². The number of carbonyl (C=O) groups is 2. The monoisotopic (exact) mass is 476 g/mol. The second-order valence-electron chi connectivity index (χ2n) is 8.04. The van der Waals surface area contributed by atoms with E-state index >= 15 is 0 Å². The molecule has 1 aromatic heterocycles. The van der Waals surface area contributed by atoms with Crippen LogP contribution in [0.5, 0.6) is 0 Å². The van der Waals surface area contributed by atoms with E-state index < -0.39 is 22.9 Å². The lowest BCUT2D eigenvalue weighted by molar-refractivity contribution is -0.384. The van der Waals surface area contributed by atoms with Crippen molar-refractivity contribution in [3.05, 3.63) is 62.3 Å². The number of aliphatic carboxylic acids is 2. The molecule has 10 nitrogen and oxygen atoms in total. The summed E-state index contributed by atoms with van der Waals surface area (Å²) in [5.41, 5.74) is 0.660. The van der Waals surface area contributed by atoms with Crippen LogP contribution in [0, 0.1) is 10.1 Å². The topological polar surface area (TPSA) is 127 Å². The number of rotatable bonds is 9. The van der Waals surface area contributed by atoms with Gasteiger partial charge in [0.25, 0.3) is 5.69 Å². The molecule has 0 spiro atoms. The Kier molecular flexibility index (Phi) is 8.89. The molecule has 33 heavy (non-hydrogen) atoms. The van der Waals surface area contributed by atoms with Crippen molar-refractivity contribution < 1.29 is 24.7 Å². The molecule has 0 radical (unpaired) electrons. The summed E-state index contributed by atoms with van der Waals surface area (Å²) in [6.07, 6.45) is 0.206. The minimum absolute atomic E-state index is 0.0399. The molecule has 178 valence electrons. The van der Waals surface area contributed by atoms with E-state index in [4.69, 9.17) is 0 Å². The van der Waals surface area contributed by atoms with Crippen molar-refractivity contribution in [1.82, 2.24) is 14.7 Å². The molecular weight excluding hydrogens is 448 g/mol. The number of nitro groups is 1. The van der Waals surface area contributed by atoms with Crippen LogP contribution in [0.25, 0.3) is 0 Å². The summed E-state index contributed by atoms with van der Waals surface area (Å²) in [5, 5.41) is 32.2. The molecule has 3 rings (SSSR count). The van der Waals surface area contributed by atoms with Crippen molar-refractivity contribution >= 4 is 29.0 Å². The highest BCUT2D eigenvalue weighted by Gasteiger charge is 2.28. The zero-order valence-electron chi connectivity index (χ0n) is 18.2. The van der Waals surface area contributed by atoms with E-state index in [-0.39, 0.29) is 18.7 Å². The zero-order chi connectivity index (χ0) is 23.8. The van der Waals surface area contributed by atoms with Crippen molar-refractivity contribution in [2.45, 2.75) is 19.0 Å². The first-order chi connectivity index (χ1) is 15.8. The van der Waals surface area contributed by atoms with Gasteiger partial charge in [0.05, 0.1) is 11.5 Å². The van der Waals surface area contributed by atoms with E-state index in [1.54, 1.807) is 23.5 Å². The van der Waals surface area contributed by atoms with E-state index in [1.807, 2.05) is 21.2 Å². The number of benzene rings is 1. The summed E-state index contributed by atoms with van der Waals surface area (Å²) >= 11 is 1.66. The van der Waals surface area contributed by atoms with Crippen molar-refractivity contribution in [3.8, 4) is 0 Å². The minimum Gasteiger partial charge on any atom is -0.480 e. The predicted octanol–water partition coefficient (Wildman–Crippen LogP) is 1.86. The molecule has 0 saturated carbocycles. The van der Waals surface area contributed by atoms with Crippen LogP contribution in [0.15, 0.2) is 41.8 Å². The number of nitrogens with zero attached hydrogens (tertiary/aromatic N) is 4. The normalized spacial score (nSPS) is 17.6. The summed E-state index contributed by atoms with van der Waals surface area (Å²) in [7, 11) is 0. The van der Waals surface area contributed by atoms with Gasteiger partial charge >= 0.3 is 11.9 Å². The molecule has 0 amide bonds. The van der Waals surface area contributed by atoms with E-state index in [0.717, 1.165) is 6.54 Å². The zero-order valence-corrected chi connectivity index (χ0v) is 19.0. The highest BCUT2D eigenvalue weighted by atomic mass is 32.1. The molecule has 2 heterocycles. The average molecular weight is 477 g/mol. The van der Waals surface area contributed by atoms with Crippen LogP contribution in [0.2, 0.25) is 0 Å². The van der Waals surface area contributed by atoms with Gasteiger partial charge in [-0.1, -0.05) is 18.2 Å². The Hall–Kier alpha value is -2.86. The number of carboxylic acids is 2. The van der Waals surface area contributed by atoms with Gasteiger partial charge in [-0.05, 0) is 23.4 Å². The summed E-state index contributed by atoms with van der Waals surface area (Å²) in [6.45, 7) is 3.96. The fraction of sp³-hybridized carbons (Fsp3) is 0.455. The number of nitro benzene ring substituents is 1. The Balaban J connectivity index is 1.76. The summed E-state index contributed by atoms with van der Waals surface area (Å²) in [4.78, 5) is 41.1. The SMILES string of the molecule is O=C(O)CN1CCN(Cc2cccs2)CCN(C(Cc2ccc([N+](=O)[O-])cc2)C(=O)O)CC1. The molecule has 0 bridgehead atoms. The molecule has 11 heteroatoms. The molecule has 1 fully saturated rings. The highest BCUT2D eigenvalue weighted by molar-refractivity contribution is 7.09. The molecule has 2 N–H and O–H groups in total. The second kappa shape index (κ2) is 11.8. The van der Waals surface area contributed by atoms with Gasteiger partial charge in [-0.2, -0.15) is 0 Å². The Bertz CT molecular complexity index is 937. The van der Waals surface area contributed by atoms with Crippen LogP contribution in [-0.2, 0) is 22.6 Å². The predicted molar refractivity (Wildman–Crippen MR) is 123 cm³/mol. The first-order valence-electron chi connectivity index (χ1n) is 10.7. The first-order valence-corrected chi connectivity index (χ1v) is 11.6. The fourth-order valence-electron chi connectivity index (χ4n) is 3.95. The smallest absolute Gasteiger partial charge is 0.321 e. The molecule has 1 aliphatic rings. The minimum atomic E-state index is -0.970. The van der Waals surface area contributed by atoms with Gasteiger partial charge in [-0.15, -0.1) is 11.3 Å². The third kappa shape index (κ3) is 7.60. The largest absolute Gasteiger partial charge is 0.480 e. The Morgan fingerprint density at radius 1 is 1.00 bits per heavy atom. The quantitative estimate of drug-likeness (QED) is 0.412. The molecular formula is C22H28N4O6S. The molecule has 1 saturated heterocycles. The van der Waals surface area contributed by atoms with Gasteiger partial charge in [-0.3, -0.25) is 34.4 Å². The van der Waals surface area contributed by atoms with Crippen LogP contribution in [0.3, 0.4) is 0 Å². The summed E-state index contributed by atoms with van der Waals surface area (Å²) < 4.78 is 0. The van der Waals surface area contributed by atoms with Gasteiger partial charge in [0.2, 0.25) is 0 Å². The van der Waals surface area contributed by atoms with Crippen molar-refractivity contribution in [3.63, 3.8) is 0 Å².